The van der Waals surface area contributed by atoms with Crippen LogP contribution in [0.15, 0.2) is 0 Å². The van der Waals surface area contributed by atoms with E-state index >= 15 is 0 Å². The predicted octanol–water partition coefficient (Wildman–Crippen LogP) is 3.88. The Kier molecular flexibility index (Phi) is 43.5. The molecule has 0 N–H and O–H groups in total. The van der Waals surface area contributed by atoms with Crippen molar-refractivity contribution in [2.75, 3.05) is 53.9 Å². The van der Waals surface area contributed by atoms with E-state index in [-0.39, 0.29) is 29.7 Å². The van der Waals surface area contributed by atoms with Gasteiger partial charge in [-0.05, 0) is 6.42 Å². The summed E-state index contributed by atoms with van der Waals surface area (Å²) in [6.07, 6.45) is 1.07. The Morgan fingerprint density at radius 1 is 0.684 bits per heavy atom. The fourth-order valence-corrected chi connectivity index (χ4v) is 1.07. The molecule has 0 aromatic heterocycles. The molecule has 0 rings (SSSR count). The molecule has 0 aromatic carbocycles. The van der Waals surface area contributed by atoms with E-state index in [1.807, 2.05) is 0 Å². The first-order valence-corrected chi connectivity index (χ1v) is 5.48. The van der Waals surface area contributed by atoms with E-state index in [4.69, 9.17) is 18.9 Å². The maximum atomic E-state index is 5.45. The van der Waals surface area contributed by atoms with Crippen LogP contribution in [0, 0.1) is 5.92 Å². The smallest absolute Gasteiger partial charge is 0.0700 e. The lowest BCUT2D eigenvalue weighted by Crippen LogP contribution is -2.18. The zero-order valence-electron chi connectivity index (χ0n) is 10.2. The molecule has 0 heterocycles. The highest BCUT2D eigenvalue weighted by Crippen LogP contribution is 2.03. The molecule has 0 bridgehead atoms. The normalized spacial score (nSPS) is 8.84. The second kappa shape index (κ2) is 26.4. The van der Waals surface area contributed by atoms with Gasteiger partial charge in [0.25, 0.3) is 0 Å². The maximum Gasteiger partial charge on any atom is 0.0700 e. The van der Waals surface area contributed by atoms with Crippen LogP contribution in [-0.2, 0) is 18.9 Å². The highest BCUT2D eigenvalue weighted by Gasteiger charge is 2.06. The summed E-state index contributed by atoms with van der Waals surface area (Å²) in [4.78, 5) is 0. The van der Waals surface area contributed by atoms with E-state index in [1.54, 1.807) is 14.2 Å². The number of ether oxygens (including phenoxy) is 4. The van der Waals surface area contributed by atoms with Crippen molar-refractivity contribution in [2.24, 2.45) is 5.92 Å². The maximum absolute atomic E-state index is 5.45. The minimum atomic E-state index is 0. The minimum Gasteiger partial charge on any atom is -0.382 e. The zero-order valence-corrected chi connectivity index (χ0v) is 10.2. The van der Waals surface area contributed by atoms with Crippen molar-refractivity contribution >= 4 is 0 Å². The molecule has 0 unspecified atom stereocenters. The van der Waals surface area contributed by atoms with E-state index in [9.17, 15) is 0 Å². The molecule has 0 radical (unpaired) electrons. The summed E-state index contributed by atoms with van der Waals surface area (Å²) in [5.41, 5.74) is 0. The Morgan fingerprint density at radius 2 is 1.05 bits per heavy atom. The quantitative estimate of drug-likeness (QED) is 0.540. The molecule has 0 fully saturated rings. The Bertz CT molecular complexity index is 109. The van der Waals surface area contributed by atoms with Crippen LogP contribution in [0.5, 0.6) is 0 Å². The highest BCUT2D eigenvalue weighted by molar-refractivity contribution is 4.54. The van der Waals surface area contributed by atoms with Crippen LogP contribution >= 0.6 is 0 Å². The number of rotatable bonds is 11. The molecular formula is C15H40O4. The van der Waals surface area contributed by atoms with Gasteiger partial charge in [-0.25, -0.2) is 0 Å². The fraction of sp³-hybridized carbons (Fsp3) is 1.00. The van der Waals surface area contributed by atoms with Gasteiger partial charge >= 0.3 is 0 Å². The molecule has 0 saturated carbocycles. The van der Waals surface area contributed by atoms with Gasteiger partial charge < -0.3 is 18.9 Å². The third-order valence-corrected chi connectivity index (χ3v) is 2.15. The van der Waals surface area contributed by atoms with Crippen LogP contribution in [-0.4, -0.2) is 53.9 Å². The van der Waals surface area contributed by atoms with Crippen molar-refractivity contribution < 1.29 is 18.9 Å². The Labute approximate surface area is 122 Å². The van der Waals surface area contributed by atoms with Gasteiger partial charge in [-0.1, -0.05) is 36.6 Å². The van der Waals surface area contributed by atoms with E-state index in [0.717, 1.165) is 19.6 Å². The van der Waals surface area contributed by atoms with Crippen molar-refractivity contribution in [3.63, 3.8) is 0 Å². The largest absolute Gasteiger partial charge is 0.382 e. The first-order valence-electron chi connectivity index (χ1n) is 5.48. The molecule has 0 amide bonds. The van der Waals surface area contributed by atoms with E-state index in [1.165, 1.54) is 0 Å². The molecule has 19 heavy (non-hydrogen) atoms. The van der Waals surface area contributed by atoms with Crippen molar-refractivity contribution in [1.82, 2.24) is 0 Å². The van der Waals surface area contributed by atoms with Crippen molar-refractivity contribution in [3.05, 3.63) is 0 Å². The standard InChI is InChI=1S/C11H24O4.4CH4/c1-4-11(9-14-7-5-12-2)10-15-8-6-13-3;;;;/h11H,4-10H2,1-3H3;4*1H4. The summed E-state index contributed by atoms with van der Waals surface area (Å²) in [5, 5.41) is 0. The van der Waals surface area contributed by atoms with Gasteiger partial charge in [-0.2, -0.15) is 0 Å². The van der Waals surface area contributed by atoms with Crippen LogP contribution in [0.3, 0.4) is 0 Å². The Hall–Kier alpha value is -0.160. The lowest BCUT2D eigenvalue weighted by atomic mass is 10.1. The van der Waals surface area contributed by atoms with Gasteiger partial charge in [0.1, 0.15) is 0 Å². The highest BCUT2D eigenvalue weighted by atomic mass is 16.5. The average molecular weight is 284 g/mol. The molecule has 0 saturated heterocycles. The summed E-state index contributed by atoms with van der Waals surface area (Å²) in [6.45, 7) is 6.25. The second-order valence-electron chi connectivity index (χ2n) is 3.41. The molecule has 0 aliphatic rings. The summed E-state index contributed by atoms with van der Waals surface area (Å²) < 4.78 is 20.7. The Morgan fingerprint density at radius 3 is 1.32 bits per heavy atom. The van der Waals surface area contributed by atoms with Crippen molar-refractivity contribution in [3.8, 4) is 0 Å². The lowest BCUT2D eigenvalue weighted by molar-refractivity contribution is 0.00654. The summed E-state index contributed by atoms with van der Waals surface area (Å²) in [7, 11) is 3.35. The van der Waals surface area contributed by atoms with Crippen LogP contribution in [0.1, 0.15) is 43.1 Å². The molecule has 4 heteroatoms. The third kappa shape index (κ3) is 23.4. The van der Waals surface area contributed by atoms with Gasteiger partial charge in [0.05, 0.1) is 39.6 Å². The topological polar surface area (TPSA) is 36.9 Å². The average Bonchev–Trinajstić information content (AvgIpc) is 2.27. The summed E-state index contributed by atoms with van der Waals surface area (Å²) in [6, 6.07) is 0. The van der Waals surface area contributed by atoms with Gasteiger partial charge in [-0.15, -0.1) is 0 Å². The monoisotopic (exact) mass is 284 g/mol. The van der Waals surface area contributed by atoms with E-state index < -0.39 is 0 Å². The molecule has 124 valence electrons. The molecule has 0 spiro atoms. The minimum absolute atomic E-state index is 0. The fourth-order valence-electron chi connectivity index (χ4n) is 1.07. The number of hydrogen-bond acceptors (Lipinski definition) is 4. The second-order valence-corrected chi connectivity index (χ2v) is 3.41. The first kappa shape index (κ1) is 31.3. The molecule has 0 aliphatic carbocycles. The van der Waals surface area contributed by atoms with Crippen LogP contribution in [0.4, 0.5) is 0 Å². The van der Waals surface area contributed by atoms with Gasteiger partial charge in [0, 0.05) is 20.1 Å². The SMILES string of the molecule is C.C.C.C.CCC(COCCOC)COCCOC. The van der Waals surface area contributed by atoms with Crippen molar-refractivity contribution in [2.45, 2.75) is 43.1 Å². The molecule has 0 aromatic rings. The van der Waals surface area contributed by atoms with Crippen LogP contribution in [0.2, 0.25) is 0 Å². The molecule has 0 aliphatic heterocycles. The number of methoxy groups -OCH3 is 2. The lowest BCUT2D eigenvalue weighted by Gasteiger charge is -2.15. The molecule has 4 nitrogen and oxygen atoms in total. The summed E-state index contributed by atoms with van der Waals surface area (Å²) in [5.74, 6) is 0.471. The van der Waals surface area contributed by atoms with E-state index in [0.29, 0.717) is 32.3 Å². The zero-order chi connectivity index (χ0) is 11.4. The van der Waals surface area contributed by atoms with Crippen LogP contribution < -0.4 is 0 Å². The first-order chi connectivity index (χ1) is 7.35. The molecular weight excluding hydrogens is 244 g/mol. The van der Waals surface area contributed by atoms with Crippen LogP contribution in [0.25, 0.3) is 0 Å². The van der Waals surface area contributed by atoms with Gasteiger partial charge in [0.2, 0.25) is 0 Å². The van der Waals surface area contributed by atoms with Gasteiger partial charge in [-0.3, -0.25) is 0 Å². The Balaban J connectivity index is -0.000000163. The van der Waals surface area contributed by atoms with Gasteiger partial charge in [0.15, 0.2) is 0 Å². The summed E-state index contributed by atoms with van der Waals surface area (Å²) >= 11 is 0. The van der Waals surface area contributed by atoms with E-state index in [2.05, 4.69) is 6.92 Å². The third-order valence-electron chi connectivity index (χ3n) is 2.15. The molecule has 0 atom stereocenters. The predicted molar refractivity (Wildman–Crippen MR) is 86.1 cm³/mol. The van der Waals surface area contributed by atoms with Crippen molar-refractivity contribution in [1.29, 1.82) is 0 Å². The number of hydrogen-bond donors (Lipinski definition) is 0.